The van der Waals surface area contributed by atoms with Gasteiger partial charge in [-0.05, 0) is 43.6 Å². The monoisotopic (exact) mass is 324 g/mol. The fourth-order valence-corrected chi connectivity index (χ4v) is 3.89. The molecule has 1 unspecified atom stereocenters. The molecule has 1 aromatic rings. The lowest BCUT2D eigenvalue weighted by Crippen LogP contribution is -2.31. The lowest BCUT2D eigenvalue weighted by Gasteiger charge is -2.30. The summed E-state index contributed by atoms with van der Waals surface area (Å²) < 4.78 is 5.44. The van der Waals surface area contributed by atoms with Crippen LogP contribution >= 0.6 is 24.0 Å². The Morgan fingerprint density at radius 2 is 2.19 bits per heavy atom. The van der Waals surface area contributed by atoms with Crippen LogP contribution < -0.4 is 11.1 Å². The van der Waals surface area contributed by atoms with E-state index in [1.807, 2.05) is 0 Å². The molecule has 1 heterocycles. The van der Waals surface area contributed by atoms with Crippen LogP contribution in [0.4, 0.5) is 5.69 Å². The number of rotatable bonds is 6. The minimum absolute atomic E-state index is 0.392. The van der Waals surface area contributed by atoms with Gasteiger partial charge in [0.25, 0.3) is 0 Å². The van der Waals surface area contributed by atoms with E-state index in [1.165, 1.54) is 0 Å². The summed E-state index contributed by atoms with van der Waals surface area (Å²) >= 11 is 7.04. The predicted molar refractivity (Wildman–Crippen MR) is 95.4 cm³/mol. The van der Waals surface area contributed by atoms with E-state index in [1.54, 1.807) is 11.8 Å². The van der Waals surface area contributed by atoms with Gasteiger partial charge in [0, 0.05) is 35.4 Å². The van der Waals surface area contributed by atoms with E-state index < -0.39 is 0 Å². The van der Waals surface area contributed by atoms with Crippen LogP contribution in [0.5, 0.6) is 0 Å². The maximum atomic E-state index is 5.96. The number of thiocarbonyl (C=S) groups is 1. The number of nitrogens with one attached hydrogen (secondary N) is 1. The first-order chi connectivity index (χ1) is 10.1. The lowest BCUT2D eigenvalue weighted by molar-refractivity contribution is 0.0622. The number of thioether (sulfide) groups is 1. The summed E-state index contributed by atoms with van der Waals surface area (Å²) in [5.41, 5.74) is 8.00. The van der Waals surface area contributed by atoms with E-state index >= 15 is 0 Å². The van der Waals surface area contributed by atoms with Crippen LogP contribution in [0.2, 0.25) is 0 Å². The Morgan fingerprint density at radius 1 is 1.48 bits per heavy atom. The van der Waals surface area contributed by atoms with Crippen LogP contribution in [0.1, 0.15) is 32.3 Å². The molecular formula is C16H24N2OS2. The third-order valence-electron chi connectivity index (χ3n) is 3.93. The second-order valence-corrected chi connectivity index (χ2v) is 7.10. The van der Waals surface area contributed by atoms with Crippen LogP contribution in [0.25, 0.3) is 0 Å². The SMILES string of the molecule is CCSc1cccc(NC(C)C2CCOCC2)c1C(N)=S. The Morgan fingerprint density at radius 3 is 2.81 bits per heavy atom. The summed E-state index contributed by atoms with van der Waals surface area (Å²) in [6.45, 7) is 6.10. The molecule has 0 aliphatic carbocycles. The van der Waals surface area contributed by atoms with Crippen molar-refractivity contribution in [3.05, 3.63) is 23.8 Å². The van der Waals surface area contributed by atoms with Gasteiger partial charge in [0.05, 0.1) is 0 Å². The maximum absolute atomic E-state index is 5.96. The molecular weight excluding hydrogens is 300 g/mol. The topological polar surface area (TPSA) is 47.3 Å². The van der Waals surface area contributed by atoms with Gasteiger partial charge in [-0.15, -0.1) is 11.8 Å². The number of nitrogens with two attached hydrogens (primary N) is 1. The Hall–Kier alpha value is -0.780. The smallest absolute Gasteiger partial charge is 0.107 e. The molecule has 21 heavy (non-hydrogen) atoms. The van der Waals surface area contributed by atoms with Gasteiger partial charge in [-0.3, -0.25) is 0 Å². The Balaban J connectivity index is 2.18. The minimum atomic E-state index is 0.392. The van der Waals surface area contributed by atoms with Crippen molar-refractivity contribution in [3.63, 3.8) is 0 Å². The number of hydrogen-bond acceptors (Lipinski definition) is 4. The Labute approximate surface area is 137 Å². The largest absolute Gasteiger partial charge is 0.389 e. The molecule has 0 saturated carbocycles. The molecule has 1 aliphatic rings. The van der Waals surface area contributed by atoms with Crippen LogP contribution in [-0.2, 0) is 4.74 Å². The van der Waals surface area contributed by atoms with Crippen LogP contribution in [0.3, 0.4) is 0 Å². The van der Waals surface area contributed by atoms with Crippen molar-refractivity contribution in [2.45, 2.75) is 37.6 Å². The van der Waals surface area contributed by atoms with Crippen molar-refractivity contribution in [3.8, 4) is 0 Å². The number of ether oxygens (including phenoxy) is 1. The summed E-state index contributed by atoms with van der Waals surface area (Å²) in [6, 6.07) is 6.62. The number of hydrogen-bond donors (Lipinski definition) is 2. The van der Waals surface area contributed by atoms with Crippen LogP contribution in [0, 0.1) is 5.92 Å². The maximum Gasteiger partial charge on any atom is 0.107 e. The highest BCUT2D eigenvalue weighted by molar-refractivity contribution is 7.99. The average Bonchev–Trinajstić information content (AvgIpc) is 2.48. The second-order valence-electron chi connectivity index (χ2n) is 5.36. The fraction of sp³-hybridized carbons (Fsp3) is 0.562. The molecule has 1 fully saturated rings. The van der Waals surface area contributed by atoms with Gasteiger partial charge in [0.1, 0.15) is 4.99 Å². The normalized spacial score (nSPS) is 17.4. The summed E-state index contributed by atoms with van der Waals surface area (Å²) in [5.74, 6) is 1.65. The molecule has 0 aromatic heterocycles. The average molecular weight is 325 g/mol. The Kier molecular flexibility index (Phi) is 6.33. The van der Waals surface area contributed by atoms with Crippen molar-refractivity contribution in [1.29, 1.82) is 0 Å². The van der Waals surface area contributed by atoms with Gasteiger partial charge in [-0.25, -0.2) is 0 Å². The minimum Gasteiger partial charge on any atom is -0.389 e. The third kappa shape index (κ3) is 4.34. The summed E-state index contributed by atoms with van der Waals surface area (Å²) in [5, 5.41) is 3.62. The lowest BCUT2D eigenvalue weighted by atomic mass is 9.92. The highest BCUT2D eigenvalue weighted by Crippen LogP contribution is 2.30. The van der Waals surface area contributed by atoms with E-state index in [4.69, 9.17) is 22.7 Å². The van der Waals surface area contributed by atoms with Gasteiger partial charge < -0.3 is 15.8 Å². The van der Waals surface area contributed by atoms with E-state index in [2.05, 4.69) is 37.4 Å². The van der Waals surface area contributed by atoms with Gasteiger partial charge in [-0.1, -0.05) is 25.2 Å². The van der Waals surface area contributed by atoms with Gasteiger partial charge in [-0.2, -0.15) is 0 Å². The molecule has 0 bridgehead atoms. The quantitative estimate of drug-likeness (QED) is 0.618. The highest BCUT2D eigenvalue weighted by atomic mass is 32.2. The van der Waals surface area contributed by atoms with E-state index in [-0.39, 0.29) is 0 Å². The Bertz CT molecular complexity index is 487. The fourth-order valence-electron chi connectivity index (χ4n) is 2.76. The van der Waals surface area contributed by atoms with Crippen molar-refractivity contribution in [2.24, 2.45) is 11.7 Å². The molecule has 116 valence electrons. The van der Waals surface area contributed by atoms with Crippen molar-refractivity contribution in [2.75, 3.05) is 24.3 Å². The molecule has 1 aliphatic heterocycles. The van der Waals surface area contributed by atoms with Crippen LogP contribution in [-0.4, -0.2) is 30.0 Å². The van der Waals surface area contributed by atoms with E-state index in [9.17, 15) is 0 Å². The zero-order chi connectivity index (χ0) is 15.2. The molecule has 3 nitrogen and oxygen atoms in total. The number of anilines is 1. The first-order valence-electron chi connectivity index (χ1n) is 7.53. The summed E-state index contributed by atoms with van der Waals surface area (Å²) in [4.78, 5) is 1.63. The standard InChI is InChI=1S/C16H24N2OS2/c1-3-21-14-6-4-5-13(15(14)16(17)20)18-11(2)12-7-9-19-10-8-12/h4-6,11-12,18H,3,7-10H2,1-2H3,(H2,17,20). The van der Waals surface area contributed by atoms with Crippen molar-refractivity contribution in [1.82, 2.24) is 0 Å². The highest BCUT2D eigenvalue weighted by Gasteiger charge is 2.22. The molecule has 2 rings (SSSR count). The zero-order valence-corrected chi connectivity index (χ0v) is 14.4. The van der Waals surface area contributed by atoms with Crippen molar-refractivity contribution < 1.29 is 4.74 Å². The predicted octanol–water partition coefficient (Wildman–Crippen LogP) is 3.66. The third-order valence-corrected chi connectivity index (χ3v) is 5.07. The molecule has 0 spiro atoms. The van der Waals surface area contributed by atoms with Crippen LogP contribution in [0.15, 0.2) is 23.1 Å². The van der Waals surface area contributed by atoms with Gasteiger partial charge >= 0.3 is 0 Å². The first-order valence-corrected chi connectivity index (χ1v) is 8.92. The number of benzene rings is 1. The van der Waals surface area contributed by atoms with E-state index in [0.717, 1.165) is 48.0 Å². The first kappa shape index (κ1) is 16.6. The van der Waals surface area contributed by atoms with E-state index in [0.29, 0.717) is 16.9 Å². The summed E-state index contributed by atoms with van der Waals surface area (Å²) in [7, 11) is 0. The molecule has 5 heteroatoms. The molecule has 3 N–H and O–H groups in total. The zero-order valence-electron chi connectivity index (χ0n) is 12.7. The van der Waals surface area contributed by atoms with Gasteiger partial charge in [0.2, 0.25) is 0 Å². The van der Waals surface area contributed by atoms with Gasteiger partial charge in [0.15, 0.2) is 0 Å². The molecule has 1 atom stereocenters. The summed E-state index contributed by atoms with van der Waals surface area (Å²) in [6.07, 6.45) is 2.22. The molecule has 1 saturated heterocycles. The van der Waals surface area contributed by atoms with Crippen molar-refractivity contribution >= 4 is 34.7 Å². The molecule has 0 amide bonds. The second kappa shape index (κ2) is 8.01. The molecule has 1 aromatic carbocycles. The molecule has 0 radical (unpaired) electrons.